The van der Waals surface area contributed by atoms with E-state index in [-0.39, 0.29) is 12.1 Å². The SMILES string of the molecule is CC(Cn1cncn1)NC(=O)NCc1nccn1Cc1ccccc1. The lowest BCUT2D eigenvalue weighted by Gasteiger charge is -2.15. The summed E-state index contributed by atoms with van der Waals surface area (Å²) < 4.78 is 3.70. The van der Waals surface area contributed by atoms with Crippen molar-refractivity contribution in [2.45, 2.75) is 32.6 Å². The smallest absolute Gasteiger partial charge is 0.315 e. The molecule has 0 aliphatic rings. The molecule has 0 saturated carbocycles. The minimum absolute atomic E-state index is 0.0641. The summed E-state index contributed by atoms with van der Waals surface area (Å²) in [4.78, 5) is 20.2. The van der Waals surface area contributed by atoms with Gasteiger partial charge in [-0.2, -0.15) is 5.10 Å². The summed E-state index contributed by atoms with van der Waals surface area (Å²) in [5.74, 6) is 0.808. The zero-order chi connectivity index (χ0) is 17.5. The maximum absolute atomic E-state index is 12.0. The van der Waals surface area contributed by atoms with Crippen LogP contribution < -0.4 is 10.6 Å². The molecule has 8 nitrogen and oxygen atoms in total. The van der Waals surface area contributed by atoms with Gasteiger partial charge in [-0.15, -0.1) is 0 Å². The Hall–Kier alpha value is -3.16. The van der Waals surface area contributed by atoms with Crippen molar-refractivity contribution < 1.29 is 4.79 Å². The van der Waals surface area contributed by atoms with Crippen molar-refractivity contribution in [3.63, 3.8) is 0 Å². The average Bonchev–Trinajstić information content (AvgIpc) is 3.26. The van der Waals surface area contributed by atoms with Crippen LogP contribution in [0, 0.1) is 0 Å². The lowest BCUT2D eigenvalue weighted by molar-refractivity contribution is 0.235. The van der Waals surface area contributed by atoms with Gasteiger partial charge < -0.3 is 15.2 Å². The molecule has 0 aliphatic heterocycles. The predicted molar refractivity (Wildman–Crippen MR) is 92.6 cm³/mol. The van der Waals surface area contributed by atoms with Crippen molar-refractivity contribution in [2.75, 3.05) is 0 Å². The van der Waals surface area contributed by atoms with Gasteiger partial charge >= 0.3 is 6.03 Å². The van der Waals surface area contributed by atoms with Gasteiger partial charge in [-0.25, -0.2) is 14.8 Å². The van der Waals surface area contributed by atoms with E-state index < -0.39 is 0 Å². The van der Waals surface area contributed by atoms with Crippen LogP contribution in [0.3, 0.4) is 0 Å². The molecule has 2 aromatic heterocycles. The highest BCUT2D eigenvalue weighted by atomic mass is 16.2. The van der Waals surface area contributed by atoms with E-state index in [1.807, 2.05) is 35.9 Å². The van der Waals surface area contributed by atoms with Gasteiger partial charge in [0.25, 0.3) is 0 Å². The molecule has 130 valence electrons. The summed E-state index contributed by atoms with van der Waals surface area (Å²) in [7, 11) is 0. The Morgan fingerprint density at radius 1 is 1.28 bits per heavy atom. The molecule has 1 atom stereocenters. The van der Waals surface area contributed by atoms with Crippen molar-refractivity contribution in [3.8, 4) is 0 Å². The maximum Gasteiger partial charge on any atom is 0.315 e. The molecular weight excluding hydrogens is 318 g/mol. The highest BCUT2D eigenvalue weighted by Crippen LogP contribution is 2.05. The fourth-order valence-electron chi connectivity index (χ4n) is 2.52. The van der Waals surface area contributed by atoms with E-state index in [2.05, 4.69) is 37.8 Å². The molecule has 3 rings (SSSR count). The summed E-state index contributed by atoms with van der Waals surface area (Å²) in [6.45, 7) is 3.57. The van der Waals surface area contributed by atoms with Gasteiger partial charge in [0.2, 0.25) is 0 Å². The van der Waals surface area contributed by atoms with Gasteiger partial charge in [-0.3, -0.25) is 4.68 Å². The number of urea groups is 1. The fraction of sp³-hybridized carbons (Fsp3) is 0.294. The minimum atomic E-state index is -0.234. The molecule has 2 amide bonds. The van der Waals surface area contributed by atoms with Crippen LogP contribution in [-0.2, 0) is 19.6 Å². The zero-order valence-corrected chi connectivity index (χ0v) is 14.0. The van der Waals surface area contributed by atoms with Crippen LogP contribution in [0.2, 0.25) is 0 Å². The van der Waals surface area contributed by atoms with Gasteiger partial charge in [0.15, 0.2) is 0 Å². The van der Waals surface area contributed by atoms with Crippen LogP contribution in [0.25, 0.3) is 0 Å². The third kappa shape index (κ3) is 4.90. The van der Waals surface area contributed by atoms with Crippen LogP contribution in [0.15, 0.2) is 55.4 Å². The first-order valence-corrected chi connectivity index (χ1v) is 8.11. The number of benzene rings is 1. The topological polar surface area (TPSA) is 89.7 Å². The molecule has 2 heterocycles. The van der Waals surface area contributed by atoms with Gasteiger partial charge in [0.1, 0.15) is 18.5 Å². The third-order valence-electron chi connectivity index (χ3n) is 3.71. The van der Waals surface area contributed by atoms with Crippen LogP contribution in [-0.4, -0.2) is 36.4 Å². The molecule has 0 spiro atoms. The quantitative estimate of drug-likeness (QED) is 0.681. The number of aromatic nitrogens is 5. The van der Waals surface area contributed by atoms with Gasteiger partial charge in [0.05, 0.1) is 13.1 Å². The monoisotopic (exact) mass is 339 g/mol. The normalized spacial score (nSPS) is 11.9. The summed E-state index contributed by atoms with van der Waals surface area (Å²) in [6, 6.07) is 9.84. The summed E-state index contributed by atoms with van der Waals surface area (Å²) >= 11 is 0. The minimum Gasteiger partial charge on any atom is -0.334 e. The molecule has 1 aromatic carbocycles. The third-order valence-corrected chi connectivity index (χ3v) is 3.71. The zero-order valence-electron chi connectivity index (χ0n) is 14.0. The molecule has 0 saturated heterocycles. The molecule has 25 heavy (non-hydrogen) atoms. The molecule has 0 fully saturated rings. The molecule has 0 radical (unpaired) electrons. The van der Waals surface area contributed by atoms with E-state index in [1.165, 1.54) is 11.9 Å². The molecule has 1 unspecified atom stereocenters. The Balaban J connectivity index is 1.48. The highest BCUT2D eigenvalue weighted by Gasteiger charge is 2.10. The molecular formula is C17H21N7O. The van der Waals surface area contributed by atoms with E-state index in [0.717, 1.165) is 12.4 Å². The summed E-state index contributed by atoms with van der Waals surface area (Å²) in [5.41, 5.74) is 1.19. The average molecular weight is 339 g/mol. The van der Waals surface area contributed by atoms with Crippen LogP contribution in [0.4, 0.5) is 4.79 Å². The predicted octanol–water partition coefficient (Wildman–Crippen LogP) is 1.41. The first-order chi connectivity index (χ1) is 12.2. The molecule has 0 bridgehead atoms. The standard InChI is InChI=1S/C17H21N7O/c1-14(10-24-13-18-12-21-24)22-17(25)20-9-16-19-7-8-23(16)11-15-5-3-2-4-6-15/h2-8,12-14H,9-11H2,1H3,(H2,20,22,25). The van der Waals surface area contributed by atoms with Crippen molar-refractivity contribution in [2.24, 2.45) is 0 Å². The van der Waals surface area contributed by atoms with E-state index >= 15 is 0 Å². The Morgan fingerprint density at radius 3 is 2.88 bits per heavy atom. The number of imidazole rings is 1. The first-order valence-electron chi connectivity index (χ1n) is 8.11. The lowest BCUT2D eigenvalue weighted by atomic mass is 10.2. The van der Waals surface area contributed by atoms with Crippen molar-refractivity contribution >= 4 is 6.03 Å². The van der Waals surface area contributed by atoms with Gasteiger partial charge in [-0.05, 0) is 12.5 Å². The second-order valence-corrected chi connectivity index (χ2v) is 5.80. The second kappa shape index (κ2) is 8.09. The maximum atomic E-state index is 12.0. The van der Waals surface area contributed by atoms with Crippen LogP contribution in [0.5, 0.6) is 0 Å². The largest absolute Gasteiger partial charge is 0.334 e. The van der Waals surface area contributed by atoms with Crippen LogP contribution >= 0.6 is 0 Å². The van der Waals surface area contributed by atoms with Crippen molar-refractivity contribution in [3.05, 3.63) is 66.8 Å². The van der Waals surface area contributed by atoms with E-state index in [0.29, 0.717) is 13.1 Å². The van der Waals surface area contributed by atoms with Gasteiger partial charge in [0, 0.05) is 25.0 Å². The van der Waals surface area contributed by atoms with Gasteiger partial charge in [-0.1, -0.05) is 30.3 Å². The number of carbonyl (C=O) groups excluding carboxylic acids is 1. The lowest BCUT2D eigenvalue weighted by Crippen LogP contribution is -2.42. The van der Waals surface area contributed by atoms with Crippen molar-refractivity contribution in [1.29, 1.82) is 0 Å². The Labute approximate surface area is 145 Å². The summed E-state index contributed by atoms with van der Waals surface area (Å²) in [6.07, 6.45) is 6.75. The molecule has 2 N–H and O–H groups in total. The number of nitrogens with zero attached hydrogens (tertiary/aromatic N) is 5. The Bertz CT molecular complexity index is 782. The number of carbonyl (C=O) groups is 1. The molecule has 8 heteroatoms. The van der Waals surface area contributed by atoms with E-state index in [1.54, 1.807) is 17.2 Å². The number of nitrogens with one attached hydrogen (secondary N) is 2. The van der Waals surface area contributed by atoms with Crippen molar-refractivity contribution in [1.82, 2.24) is 34.9 Å². The number of amides is 2. The number of hydrogen-bond acceptors (Lipinski definition) is 4. The Morgan fingerprint density at radius 2 is 2.12 bits per heavy atom. The second-order valence-electron chi connectivity index (χ2n) is 5.80. The van der Waals surface area contributed by atoms with Crippen LogP contribution in [0.1, 0.15) is 18.3 Å². The number of rotatable bonds is 7. The highest BCUT2D eigenvalue weighted by molar-refractivity contribution is 5.74. The van der Waals surface area contributed by atoms with E-state index in [9.17, 15) is 4.79 Å². The van der Waals surface area contributed by atoms with E-state index in [4.69, 9.17) is 0 Å². The first kappa shape index (κ1) is 16.7. The number of hydrogen-bond donors (Lipinski definition) is 2. The summed E-state index contributed by atoms with van der Waals surface area (Å²) in [5, 5.41) is 9.74. The fourth-order valence-corrected chi connectivity index (χ4v) is 2.52. The molecule has 0 aliphatic carbocycles. The Kier molecular flexibility index (Phi) is 5.40. The molecule has 3 aromatic rings.